The van der Waals surface area contributed by atoms with Crippen LogP contribution >= 0.6 is 23.2 Å². The maximum Gasteiger partial charge on any atom is 0.250 e. The molecule has 8 heteroatoms. The molecule has 0 atom stereocenters. The van der Waals surface area contributed by atoms with E-state index in [1.54, 1.807) is 18.3 Å². The van der Waals surface area contributed by atoms with Crippen molar-refractivity contribution in [3.05, 3.63) is 94.0 Å². The summed E-state index contributed by atoms with van der Waals surface area (Å²) in [6.45, 7) is 0.317. The molecule has 30 heavy (non-hydrogen) atoms. The smallest absolute Gasteiger partial charge is 0.250 e. The SMILES string of the molecule is NC(=O)c1c(C[CH]C(=O)NCc2ccc(Nc3ccccc3)nc2)ccc(Cl)c1Cl. The first-order valence-corrected chi connectivity index (χ1v) is 9.84. The number of hydrogen-bond donors (Lipinski definition) is 3. The lowest BCUT2D eigenvalue weighted by molar-refractivity contribution is -0.118. The van der Waals surface area contributed by atoms with Crippen LogP contribution in [-0.4, -0.2) is 16.8 Å². The van der Waals surface area contributed by atoms with Crippen LogP contribution in [0.1, 0.15) is 21.5 Å². The fourth-order valence-corrected chi connectivity index (χ4v) is 3.20. The van der Waals surface area contributed by atoms with Crippen molar-refractivity contribution in [2.24, 2.45) is 5.73 Å². The molecule has 4 N–H and O–H groups in total. The van der Waals surface area contributed by atoms with Gasteiger partial charge in [-0.3, -0.25) is 9.59 Å². The van der Waals surface area contributed by atoms with Crippen molar-refractivity contribution in [1.82, 2.24) is 10.3 Å². The van der Waals surface area contributed by atoms with Gasteiger partial charge in [-0.2, -0.15) is 0 Å². The molecule has 0 unspecified atom stereocenters. The van der Waals surface area contributed by atoms with E-state index in [1.165, 1.54) is 6.42 Å². The minimum absolute atomic E-state index is 0.0887. The Hall–Kier alpha value is -3.09. The van der Waals surface area contributed by atoms with E-state index in [4.69, 9.17) is 28.9 Å². The molecule has 1 radical (unpaired) electrons. The normalized spacial score (nSPS) is 10.5. The van der Waals surface area contributed by atoms with Gasteiger partial charge in [-0.05, 0) is 41.8 Å². The van der Waals surface area contributed by atoms with E-state index >= 15 is 0 Å². The van der Waals surface area contributed by atoms with Gasteiger partial charge in [0.15, 0.2) is 0 Å². The molecule has 6 nitrogen and oxygen atoms in total. The second kappa shape index (κ2) is 10.1. The van der Waals surface area contributed by atoms with Crippen LogP contribution in [0, 0.1) is 6.42 Å². The monoisotopic (exact) mass is 441 g/mol. The lowest BCUT2D eigenvalue weighted by Crippen LogP contribution is -2.24. The molecule has 0 saturated carbocycles. The van der Waals surface area contributed by atoms with Gasteiger partial charge in [0, 0.05) is 18.4 Å². The topological polar surface area (TPSA) is 97.1 Å². The van der Waals surface area contributed by atoms with Gasteiger partial charge in [-0.1, -0.05) is 53.5 Å². The first-order valence-electron chi connectivity index (χ1n) is 9.09. The van der Waals surface area contributed by atoms with E-state index in [0.29, 0.717) is 17.9 Å². The van der Waals surface area contributed by atoms with Crippen molar-refractivity contribution in [3.8, 4) is 0 Å². The number of nitrogens with two attached hydrogens (primary N) is 1. The van der Waals surface area contributed by atoms with Crippen LogP contribution < -0.4 is 16.4 Å². The Labute approximate surface area is 184 Å². The number of benzene rings is 2. The quantitative estimate of drug-likeness (QED) is 0.485. The number of carbonyl (C=O) groups excluding carboxylic acids is 2. The van der Waals surface area contributed by atoms with Gasteiger partial charge in [0.2, 0.25) is 5.91 Å². The Morgan fingerprint density at radius 2 is 1.80 bits per heavy atom. The van der Waals surface area contributed by atoms with Gasteiger partial charge in [0.1, 0.15) is 5.82 Å². The molecule has 3 aromatic rings. The molecule has 0 aliphatic heterocycles. The highest BCUT2D eigenvalue weighted by atomic mass is 35.5. The van der Waals surface area contributed by atoms with Crippen molar-refractivity contribution < 1.29 is 9.59 Å². The van der Waals surface area contributed by atoms with Crippen LogP contribution in [0.4, 0.5) is 11.5 Å². The van der Waals surface area contributed by atoms with Gasteiger partial charge in [-0.15, -0.1) is 0 Å². The lowest BCUT2D eigenvalue weighted by atomic mass is 10.0. The van der Waals surface area contributed by atoms with Crippen LogP contribution in [0.15, 0.2) is 60.8 Å². The average molecular weight is 442 g/mol. The van der Waals surface area contributed by atoms with E-state index in [9.17, 15) is 9.59 Å². The Kier molecular flexibility index (Phi) is 7.27. The fraction of sp³-hybridized carbons (Fsp3) is 0.0909. The van der Waals surface area contributed by atoms with E-state index in [0.717, 1.165) is 11.3 Å². The molecular weight excluding hydrogens is 423 g/mol. The maximum atomic E-state index is 12.2. The Morgan fingerprint density at radius 3 is 2.47 bits per heavy atom. The molecule has 0 bridgehead atoms. The molecule has 0 aliphatic rings. The van der Waals surface area contributed by atoms with Crippen LogP contribution in [0.5, 0.6) is 0 Å². The molecule has 1 heterocycles. The minimum Gasteiger partial charge on any atom is -0.366 e. The van der Waals surface area contributed by atoms with Crippen molar-refractivity contribution in [3.63, 3.8) is 0 Å². The molecular formula is C22H19Cl2N4O2. The first kappa shape index (κ1) is 21.6. The number of nitrogens with zero attached hydrogens (tertiary/aromatic N) is 1. The number of nitrogens with one attached hydrogen (secondary N) is 2. The lowest BCUT2D eigenvalue weighted by Gasteiger charge is -2.10. The highest BCUT2D eigenvalue weighted by molar-refractivity contribution is 6.44. The molecule has 3 rings (SSSR count). The summed E-state index contributed by atoms with van der Waals surface area (Å²) in [7, 11) is 0. The van der Waals surface area contributed by atoms with Gasteiger partial charge in [-0.25, -0.2) is 4.98 Å². The standard InChI is InChI=1S/C22H19Cl2N4O2/c23-17-9-7-15(20(21(17)24)22(25)30)8-11-19(29)27-13-14-6-10-18(26-12-14)28-16-4-2-1-3-5-16/h1-7,9-12H,8,13H2,(H2,25,30)(H,26,28)(H,27,29). The number of anilines is 2. The van der Waals surface area contributed by atoms with Crippen LogP contribution in [0.3, 0.4) is 0 Å². The van der Waals surface area contributed by atoms with Gasteiger partial charge < -0.3 is 16.4 Å². The van der Waals surface area contributed by atoms with E-state index in [1.807, 2.05) is 42.5 Å². The number of rotatable bonds is 8. The number of hydrogen-bond acceptors (Lipinski definition) is 4. The summed E-state index contributed by atoms with van der Waals surface area (Å²) in [6.07, 6.45) is 3.31. The molecule has 2 amide bonds. The summed E-state index contributed by atoms with van der Waals surface area (Å²) in [5.74, 6) is -0.272. The Bertz CT molecular complexity index is 1040. The number of amides is 2. The van der Waals surface area contributed by atoms with Gasteiger partial charge in [0.05, 0.1) is 22.0 Å². The van der Waals surface area contributed by atoms with Crippen molar-refractivity contribution in [1.29, 1.82) is 0 Å². The summed E-state index contributed by atoms with van der Waals surface area (Å²) in [4.78, 5) is 28.1. The first-order chi connectivity index (χ1) is 14.4. The van der Waals surface area contributed by atoms with Crippen LogP contribution in [-0.2, 0) is 17.8 Å². The fourth-order valence-electron chi connectivity index (χ4n) is 2.76. The summed E-state index contributed by atoms with van der Waals surface area (Å²) in [6, 6.07) is 16.6. The molecule has 2 aromatic carbocycles. The Balaban J connectivity index is 1.52. The zero-order valence-electron chi connectivity index (χ0n) is 15.9. The van der Waals surface area contributed by atoms with Crippen LogP contribution in [0.2, 0.25) is 10.0 Å². The van der Waals surface area contributed by atoms with Crippen LogP contribution in [0.25, 0.3) is 0 Å². The predicted octanol–water partition coefficient (Wildman–Crippen LogP) is 4.29. The van der Waals surface area contributed by atoms with Crippen molar-refractivity contribution in [2.75, 3.05) is 5.32 Å². The second-order valence-corrected chi connectivity index (χ2v) is 7.21. The third-order valence-electron chi connectivity index (χ3n) is 4.27. The zero-order valence-corrected chi connectivity index (χ0v) is 17.4. The van der Waals surface area contributed by atoms with E-state index in [-0.39, 0.29) is 27.9 Å². The van der Waals surface area contributed by atoms with Gasteiger partial charge >= 0.3 is 0 Å². The third kappa shape index (κ3) is 5.72. The maximum absolute atomic E-state index is 12.2. The third-order valence-corrected chi connectivity index (χ3v) is 5.08. The summed E-state index contributed by atoms with van der Waals surface area (Å²) >= 11 is 12.0. The molecule has 153 valence electrons. The largest absolute Gasteiger partial charge is 0.366 e. The summed E-state index contributed by atoms with van der Waals surface area (Å²) < 4.78 is 0. The highest BCUT2D eigenvalue weighted by Crippen LogP contribution is 2.29. The van der Waals surface area contributed by atoms with Gasteiger partial charge in [0.25, 0.3) is 5.91 Å². The number of aromatic nitrogens is 1. The molecule has 0 fully saturated rings. The molecule has 1 aromatic heterocycles. The predicted molar refractivity (Wildman–Crippen MR) is 119 cm³/mol. The number of primary amides is 1. The number of pyridine rings is 1. The molecule has 0 saturated heterocycles. The summed E-state index contributed by atoms with van der Waals surface area (Å²) in [5.41, 5.74) is 7.83. The van der Waals surface area contributed by atoms with Crippen molar-refractivity contribution in [2.45, 2.75) is 13.0 Å². The summed E-state index contributed by atoms with van der Waals surface area (Å²) in [5, 5.41) is 6.30. The molecule has 0 spiro atoms. The zero-order chi connectivity index (χ0) is 21.5. The highest BCUT2D eigenvalue weighted by Gasteiger charge is 2.16. The number of para-hydroxylation sites is 1. The number of carbonyl (C=O) groups is 2. The average Bonchev–Trinajstić information content (AvgIpc) is 2.74. The second-order valence-electron chi connectivity index (χ2n) is 6.43. The van der Waals surface area contributed by atoms with E-state index < -0.39 is 5.91 Å². The molecule has 0 aliphatic carbocycles. The van der Waals surface area contributed by atoms with E-state index in [2.05, 4.69) is 15.6 Å². The minimum atomic E-state index is -0.693. The van der Waals surface area contributed by atoms with Crippen molar-refractivity contribution >= 4 is 46.5 Å². The Morgan fingerprint density at radius 1 is 1.03 bits per heavy atom. The number of halogens is 2.